The molecule has 4 rings (SSSR count). The SMILES string of the molecule is Cc1nc2c(C(=O)N[C@@H](c3cccs3)C3CC(O)C3)cccc2[nH]1. The van der Waals surface area contributed by atoms with Gasteiger partial charge >= 0.3 is 0 Å². The number of H-pyrrole nitrogens is 1. The van der Waals surface area contributed by atoms with E-state index in [9.17, 15) is 9.90 Å². The van der Waals surface area contributed by atoms with Gasteiger partial charge in [-0.1, -0.05) is 12.1 Å². The van der Waals surface area contributed by atoms with E-state index in [0.29, 0.717) is 11.1 Å². The van der Waals surface area contributed by atoms with Gasteiger partial charge in [-0.15, -0.1) is 11.3 Å². The second-order valence-corrected chi connectivity index (χ2v) is 7.36. The number of aliphatic hydroxyl groups excluding tert-OH is 1. The number of fused-ring (bicyclic) bond motifs is 1. The minimum Gasteiger partial charge on any atom is -0.393 e. The molecule has 1 aromatic carbocycles. The number of hydrogen-bond acceptors (Lipinski definition) is 4. The van der Waals surface area contributed by atoms with Gasteiger partial charge in [-0.25, -0.2) is 4.98 Å². The molecule has 1 aliphatic rings. The Labute approximate surface area is 143 Å². The van der Waals surface area contributed by atoms with Crippen LogP contribution in [0.3, 0.4) is 0 Å². The van der Waals surface area contributed by atoms with Gasteiger partial charge in [0.05, 0.1) is 23.2 Å². The van der Waals surface area contributed by atoms with Crippen LogP contribution in [-0.4, -0.2) is 27.1 Å². The largest absolute Gasteiger partial charge is 0.393 e. The summed E-state index contributed by atoms with van der Waals surface area (Å²) in [7, 11) is 0. The Bertz CT molecular complexity index is 866. The Morgan fingerprint density at radius 2 is 2.21 bits per heavy atom. The molecule has 1 fully saturated rings. The number of nitrogens with one attached hydrogen (secondary N) is 2. The molecule has 1 atom stereocenters. The first kappa shape index (κ1) is 15.4. The average molecular weight is 341 g/mol. The molecule has 2 aromatic heterocycles. The predicted molar refractivity (Wildman–Crippen MR) is 94.1 cm³/mol. The summed E-state index contributed by atoms with van der Waals surface area (Å²) in [4.78, 5) is 21.6. The number of aromatic amines is 1. The number of nitrogens with zero attached hydrogens (tertiary/aromatic N) is 1. The van der Waals surface area contributed by atoms with Crippen LogP contribution in [0.4, 0.5) is 0 Å². The fraction of sp³-hybridized carbons (Fsp3) is 0.333. The summed E-state index contributed by atoms with van der Waals surface area (Å²) >= 11 is 1.64. The maximum Gasteiger partial charge on any atom is 0.254 e. The molecule has 24 heavy (non-hydrogen) atoms. The van der Waals surface area contributed by atoms with Gasteiger partial charge in [-0.2, -0.15) is 0 Å². The van der Waals surface area contributed by atoms with E-state index < -0.39 is 0 Å². The number of hydrogen-bond donors (Lipinski definition) is 3. The van der Waals surface area contributed by atoms with Gasteiger partial charge in [-0.3, -0.25) is 4.79 Å². The molecule has 0 aliphatic heterocycles. The quantitative estimate of drug-likeness (QED) is 0.682. The summed E-state index contributed by atoms with van der Waals surface area (Å²) in [6, 6.07) is 9.56. The van der Waals surface area contributed by atoms with Crippen molar-refractivity contribution >= 4 is 28.3 Å². The maximum atomic E-state index is 12.9. The number of aryl methyl sites for hydroxylation is 1. The van der Waals surface area contributed by atoms with E-state index in [0.717, 1.165) is 29.1 Å². The van der Waals surface area contributed by atoms with Gasteiger partial charge in [0.25, 0.3) is 5.91 Å². The fourth-order valence-corrected chi connectivity index (χ4v) is 4.22. The second kappa shape index (κ2) is 6.03. The lowest BCUT2D eigenvalue weighted by atomic mass is 9.76. The number of rotatable bonds is 4. The standard InChI is InChI=1S/C18H19N3O2S/c1-10-19-14-5-2-4-13(17(14)20-10)18(23)21-16(11-8-12(22)9-11)15-6-3-7-24-15/h2-7,11-12,16,22H,8-9H2,1H3,(H,19,20)(H,21,23)/t11?,12?,16-/m1/s1. The number of carbonyl (C=O) groups is 1. The van der Waals surface area contributed by atoms with Gasteiger partial charge in [0, 0.05) is 4.88 Å². The summed E-state index contributed by atoms with van der Waals surface area (Å²) in [5.74, 6) is 0.955. The molecule has 1 aliphatic carbocycles. The lowest BCUT2D eigenvalue weighted by Crippen LogP contribution is -2.41. The van der Waals surface area contributed by atoms with Crippen LogP contribution in [0.1, 0.15) is 39.9 Å². The van der Waals surface area contributed by atoms with Gasteiger partial charge in [0.15, 0.2) is 0 Å². The minimum atomic E-state index is -0.244. The predicted octanol–water partition coefficient (Wildman–Crippen LogP) is 3.17. The number of aliphatic hydroxyl groups is 1. The molecule has 0 bridgehead atoms. The van der Waals surface area contributed by atoms with Crippen molar-refractivity contribution in [3.05, 3.63) is 52.0 Å². The number of thiophene rings is 1. The van der Waals surface area contributed by atoms with E-state index in [4.69, 9.17) is 0 Å². The van der Waals surface area contributed by atoms with E-state index in [1.165, 1.54) is 0 Å². The molecule has 3 N–H and O–H groups in total. The average Bonchev–Trinajstić information content (AvgIpc) is 3.17. The third kappa shape index (κ3) is 2.72. The summed E-state index contributed by atoms with van der Waals surface area (Å²) < 4.78 is 0. The van der Waals surface area contributed by atoms with Gasteiger partial charge < -0.3 is 15.4 Å². The summed E-state index contributed by atoms with van der Waals surface area (Å²) in [5, 5.41) is 14.8. The van der Waals surface area contributed by atoms with Crippen LogP contribution >= 0.6 is 11.3 Å². The zero-order valence-electron chi connectivity index (χ0n) is 13.3. The Balaban J connectivity index is 1.63. The lowest BCUT2D eigenvalue weighted by molar-refractivity contribution is 0.0241. The van der Waals surface area contributed by atoms with Crippen LogP contribution in [0.15, 0.2) is 35.7 Å². The molecule has 1 amide bonds. The zero-order valence-corrected chi connectivity index (χ0v) is 14.1. The molecule has 0 saturated heterocycles. The van der Waals surface area contributed by atoms with Crippen molar-refractivity contribution in [3.63, 3.8) is 0 Å². The molecule has 0 radical (unpaired) electrons. The van der Waals surface area contributed by atoms with Crippen molar-refractivity contribution in [2.24, 2.45) is 5.92 Å². The molecular formula is C18H19N3O2S. The van der Waals surface area contributed by atoms with Crippen molar-refractivity contribution in [1.82, 2.24) is 15.3 Å². The number of aromatic nitrogens is 2. The Morgan fingerprint density at radius 3 is 2.92 bits per heavy atom. The summed E-state index contributed by atoms with van der Waals surface area (Å²) in [5.41, 5.74) is 2.15. The van der Waals surface area contributed by atoms with Gasteiger partial charge in [-0.05, 0) is 49.3 Å². The molecule has 6 heteroatoms. The number of para-hydroxylation sites is 1. The summed E-state index contributed by atoms with van der Waals surface area (Å²) in [6.45, 7) is 1.88. The number of benzene rings is 1. The first-order valence-corrected chi connectivity index (χ1v) is 8.97. The molecular weight excluding hydrogens is 322 g/mol. The number of carbonyl (C=O) groups excluding carboxylic acids is 1. The van der Waals surface area contributed by atoms with Crippen LogP contribution in [-0.2, 0) is 0 Å². The highest BCUT2D eigenvalue weighted by molar-refractivity contribution is 7.10. The second-order valence-electron chi connectivity index (χ2n) is 6.38. The van der Waals surface area contributed by atoms with E-state index in [2.05, 4.69) is 15.3 Å². The van der Waals surface area contributed by atoms with Crippen LogP contribution in [0.2, 0.25) is 0 Å². The molecule has 0 spiro atoms. The highest BCUT2D eigenvalue weighted by atomic mass is 32.1. The summed E-state index contributed by atoms with van der Waals surface area (Å²) in [6.07, 6.45) is 1.22. The van der Waals surface area contributed by atoms with Gasteiger partial charge in [0.2, 0.25) is 0 Å². The topological polar surface area (TPSA) is 78.0 Å². The van der Waals surface area contributed by atoms with Crippen LogP contribution < -0.4 is 5.32 Å². The zero-order chi connectivity index (χ0) is 16.7. The Hall–Kier alpha value is -2.18. The maximum absolute atomic E-state index is 12.9. The Morgan fingerprint density at radius 1 is 1.38 bits per heavy atom. The van der Waals surface area contributed by atoms with Crippen molar-refractivity contribution in [2.75, 3.05) is 0 Å². The molecule has 1 saturated carbocycles. The van der Waals surface area contributed by atoms with Crippen molar-refractivity contribution in [1.29, 1.82) is 0 Å². The molecule has 3 aromatic rings. The Kier molecular flexibility index (Phi) is 3.86. The van der Waals surface area contributed by atoms with Crippen molar-refractivity contribution in [3.8, 4) is 0 Å². The first-order chi connectivity index (χ1) is 11.6. The molecule has 5 nitrogen and oxygen atoms in total. The molecule has 2 heterocycles. The van der Waals surface area contributed by atoms with E-state index >= 15 is 0 Å². The van der Waals surface area contributed by atoms with E-state index in [1.54, 1.807) is 17.4 Å². The number of amides is 1. The molecule has 124 valence electrons. The minimum absolute atomic E-state index is 0.0591. The third-order valence-corrected chi connectivity index (χ3v) is 5.59. The van der Waals surface area contributed by atoms with E-state index in [1.807, 2.05) is 36.6 Å². The fourth-order valence-electron chi connectivity index (χ4n) is 3.35. The highest BCUT2D eigenvalue weighted by Gasteiger charge is 2.36. The van der Waals surface area contributed by atoms with E-state index in [-0.39, 0.29) is 24.0 Å². The lowest BCUT2D eigenvalue weighted by Gasteiger charge is -2.37. The molecule has 0 unspecified atom stereocenters. The third-order valence-electron chi connectivity index (χ3n) is 4.63. The first-order valence-electron chi connectivity index (χ1n) is 8.09. The smallest absolute Gasteiger partial charge is 0.254 e. The number of imidazole rings is 1. The van der Waals surface area contributed by atoms with Crippen molar-refractivity contribution < 1.29 is 9.90 Å². The monoisotopic (exact) mass is 341 g/mol. The van der Waals surface area contributed by atoms with Crippen LogP contribution in [0.25, 0.3) is 11.0 Å². The van der Waals surface area contributed by atoms with Crippen LogP contribution in [0.5, 0.6) is 0 Å². The van der Waals surface area contributed by atoms with Crippen molar-refractivity contribution in [2.45, 2.75) is 31.9 Å². The normalized spacial score (nSPS) is 21.4. The highest BCUT2D eigenvalue weighted by Crippen LogP contribution is 2.39. The van der Waals surface area contributed by atoms with Gasteiger partial charge in [0.1, 0.15) is 11.3 Å². The van der Waals surface area contributed by atoms with Crippen LogP contribution in [0, 0.1) is 12.8 Å².